The van der Waals surface area contributed by atoms with Crippen molar-refractivity contribution in [2.45, 2.75) is 60.1 Å². The Kier molecular flexibility index (Phi) is 5.56. The lowest BCUT2D eigenvalue weighted by Gasteiger charge is -2.26. The highest BCUT2D eigenvalue weighted by molar-refractivity contribution is 5.26. The number of aryl methyl sites for hydroxylation is 2. The summed E-state index contributed by atoms with van der Waals surface area (Å²) in [6, 6.07) is 0. The fourth-order valence-electron chi connectivity index (χ4n) is 2.23. The average Bonchev–Trinajstić information content (AvgIpc) is 2.63. The van der Waals surface area contributed by atoms with E-state index < -0.39 is 0 Å². The van der Waals surface area contributed by atoms with Gasteiger partial charge in [0.15, 0.2) is 0 Å². The van der Waals surface area contributed by atoms with Gasteiger partial charge in [0.25, 0.3) is 0 Å². The first kappa shape index (κ1) is 16.2. The van der Waals surface area contributed by atoms with Crippen LogP contribution in [0.15, 0.2) is 0 Å². The van der Waals surface area contributed by atoms with Crippen molar-refractivity contribution < 1.29 is 5.11 Å². The lowest BCUT2D eigenvalue weighted by molar-refractivity contribution is 0.0627. The van der Waals surface area contributed by atoms with E-state index in [4.69, 9.17) is 0 Å². The van der Waals surface area contributed by atoms with Gasteiger partial charge in [-0.25, -0.2) is 0 Å². The molecule has 1 heterocycles. The maximum Gasteiger partial charge on any atom is 0.0712 e. The second-order valence-corrected chi connectivity index (χ2v) is 6.22. The number of nitrogens with one attached hydrogen (secondary N) is 1. The third-order valence-electron chi connectivity index (χ3n) is 3.67. The van der Waals surface area contributed by atoms with Crippen LogP contribution in [0.5, 0.6) is 0 Å². The van der Waals surface area contributed by atoms with Crippen LogP contribution in [-0.2, 0) is 26.4 Å². The quantitative estimate of drug-likeness (QED) is 0.829. The molecule has 4 heteroatoms. The Labute approximate surface area is 117 Å². The molecule has 19 heavy (non-hydrogen) atoms. The SMILES string of the molecule is CCc1nn(C)c(CC)c1CNCC(O)C(C)(C)C. The van der Waals surface area contributed by atoms with Gasteiger partial charge >= 0.3 is 0 Å². The van der Waals surface area contributed by atoms with Gasteiger partial charge in [-0.05, 0) is 18.3 Å². The lowest BCUT2D eigenvalue weighted by Crippen LogP contribution is -2.36. The molecule has 4 nitrogen and oxygen atoms in total. The Morgan fingerprint density at radius 2 is 1.89 bits per heavy atom. The zero-order valence-electron chi connectivity index (χ0n) is 13.2. The third-order valence-corrected chi connectivity index (χ3v) is 3.67. The zero-order chi connectivity index (χ0) is 14.6. The maximum absolute atomic E-state index is 10.0. The molecule has 0 radical (unpaired) electrons. The van der Waals surface area contributed by atoms with Gasteiger partial charge in [0.2, 0.25) is 0 Å². The van der Waals surface area contributed by atoms with E-state index in [0.29, 0.717) is 6.54 Å². The Balaban J connectivity index is 2.67. The van der Waals surface area contributed by atoms with E-state index in [9.17, 15) is 5.11 Å². The van der Waals surface area contributed by atoms with Crippen molar-refractivity contribution in [1.82, 2.24) is 15.1 Å². The van der Waals surface area contributed by atoms with Crippen LogP contribution >= 0.6 is 0 Å². The minimum atomic E-state index is -0.334. The molecule has 1 aromatic heterocycles. The van der Waals surface area contributed by atoms with Crippen LogP contribution in [0, 0.1) is 5.41 Å². The predicted octanol–water partition coefficient (Wildman–Crippen LogP) is 2.04. The highest BCUT2D eigenvalue weighted by Crippen LogP contribution is 2.19. The van der Waals surface area contributed by atoms with E-state index in [1.807, 2.05) is 11.7 Å². The Morgan fingerprint density at radius 3 is 2.37 bits per heavy atom. The van der Waals surface area contributed by atoms with Crippen LogP contribution in [0.4, 0.5) is 0 Å². The molecule has 0 aromatic carbocycles. The van der Waals surface area contributed by atoms with Crippen LogP contribution in [-0.4, -0.2) is 27.5 Å². The molecule has 1 unspecified atom stereocenters. The smallest absolute Gasteiger partial charge is 0.0712 e. The van der Waals surface area contributed by atoms with Crippen LogP contribution in [0.25, 0.3) is 0 Å². The standard InChI is InChI=1S/C15H29N3O/c1-7-12-11(13(8-2)18(6)17-12)9-16-10-14(19)15(3,4)5/h14,16,19H,7-10H2,1-6H3. The van der Waals surface area contributed by atoms with Gasteiger partial charge in [0, 0.05) is 31.4 Å². The summed E-state index contributed by atoms with van der Waals surface area (Å²) in [4.78, 5) is 0. The van der Waals surface area contributed by atoms with Gasteiger partial charge in [-0.15, -0.1) is 0 Å². The van der Waals surface area contributed by atoms with E-state index in [1.54, 1.807) is 0 Å². The molecule has 0 saturated heterocycles. The minimum absolute atomic E-state index is 0.0802. The molecule has 2 N–H and O–H groups in total. The van der Waals surface area contributed by atoms with Crippen molar-refractivity contribution in [2.75, 3.05) is 6.54 Å². The largest absolute Gasteiger partial charge is 0.391 e. The summed E-state index contributed by atoms with van der Waals surface area (Å²) in [6.45, 7) is 11.9. The summed E-state index contributed by atoms with van der Waals surface area (Å²) in [6.07, 6.45) is 1.61. The Morgan fingerprint density at radius 1 is 1.26 bits per heavy atom. The first-order chi connectivity index (χ1) is 8.81. The Bertz CT molecular complexity index is 404. The monoisotopic (exact) mass is 267 g/mol. The van der Waals surface area contributed by atoms with Crippen molar-refractivity contribution in [2.24, 2.45) is 12.5 Å². The summed E-state index contributed by atoms with van der Waals surface area (Å²) in [5.74, 6) is 0. The summed E-state index contributed by atoms with van der Waals surface area (Å²) in [5, 5.41) is 18.0. The predicted molar refractivity (Wildman–Crippen MR) is 79.1 cm³/mol. The average molecular weight is 267 g/mol. The van der Waals surface area contributed by atoms with Crippen molar-refractivity contribution in [3.05, 3.63) is 17.0 Å². The van der Waals surface area contributed by atoms with Gasteiger partial charge in [-0.3, -0.25) is 4.68 Å². The number of aliphatic hydroxyl groups excluding tert-OH is 1. The van der Waals surface area contributed by atoms with Crippen molar-refractivity contribution in [3.63, 3.8) is 0 Å². The van der Waals surface area contributed by atoms with Gasteiger partial charge in [0.05, 0.1) is 11.8 Å². The second kappa shape index (κ2) is 6.53. The molecule has 1 aromatic rings. The number of hydrogen-bond acceptors (Lipinski definition) is 3. The molecule has 0 spiro atoms. The molecule has 0 aliphatic carbocycles. The van der Waals surface area contributed by atoms with Crippen molar-refractivity contribution in [3.8, 4) is 0 Å². The van der Waals surface area contributed by atoms with E-state index in [0.717, 1.165) is 25.1 Å². The molecule has 1 atom stereocenters. The van der Waals surface area contributed by atoms with Gasteiger partial charge in [0.1, 0.15) is 0 Å². The molecule has 0 aliphatic rings. The van der Waals surface area contributed by atoms with Crippen molar-refractivity contribution >= 4 is 0 Å². The number of aliphatic hydroxyl groups is 1. The number of hydrogen-bond donors (Lipinski definition) is 2. The van der Waals surface area contributed by atoms with Crippen molar-refractivity contribution in [1.29, 1.82) is 0 Å². The first-order valence-electron chi connectivity index (χ1n) is 7.23. The van der Waals surface area contributed by atoms with Gasteiger partial charge < -0.3 is 10.4 Å². The van der Waals surface area contributed by atoms with E-state index in [-0.39, 0.29) is 11.5 Å². The molecular formula is C15H29N3O. The van der Waals surface area contributed by atoms with E-state index in [2.05, 4.69) is 45.0 Å². The lowest BCUT2D eigenvalue weighted by atomic mass is 9.89. The number of nitrogens with zero attached hydrogens (tertiary/aromatic N) is 2. The minimum Gasteiger partial charge on any atom is -0.391 e. The van der Waals surface area contributed by atoms with Gasteiger partial charge in [-0.2, -0.15) is 5.10 Å². The topological polar surface area (TPSA) is 50.1 Å². The molecule has 110 valence electrons. The van der Waals surface area contributed by atoms with Crippen LogP contribution < -0.4 is 5.32 Å². The van der Waals surface area contributed by atoms with Crippen LogP contribution in [0.1, 0.15) is 51.6 Å². The highest BCUT2D eigenvalue weighted by Gasteiger charge is 2.22. The molecule has 0 saturated carbocycles. The summed E-state index contributed by atoms with van der Waals surface area (Å²) >= 11 is 0. The number of aromatic nitrogens is 2. The van der Waals surface area contributed by atoms with Crippen LogP contribution in [0.3, 0.4) is 0 Å². The maximum atomic E-state index is 10.0. The third kappa shape index (κ3) is 4.05. The van der Waals surface area contributed by atoms with E-state index in [1.165, 1.54) is 11.3 Å². The second-order valence-electron chi connectivity index (χ2n) is 6.22. The Hall–Kier alpha value is -0.870. The summed E-state index contributed by atoms with van der Waals surface area (Å²) in [5.41, 5.74) is 3.67. The molecule has 0 amide bonds. The van der Waals surface area contributed by atoms with E-state index >= 15 is 0 Å². The number of rotatable bonds is 6. The van der Waals surface area contributed by atoms with Crippen LogP contribution in [0.2, 0.25) is 0 Å². The summed E-state index contributed by atoms with van der Waals surface area (Å²) in [7, 11) is 2.01. The fourth-order valence-corrected chi connectivity index (χ4v) is 2.23. The molecule has 0 fully saturated rings. The zero-order valence-corrected chi connectivity index (χ0v) is 13.2. The molecule has 0 bridgehead atoms. The molecule has 0 aliphatic heterocycles. The summed E-state index contributed by atoms with van der Waals surface area (Å²) < 4.78 is 1.98. The normalized spacial score (nSPS) is 13.8. The highest BCUT2D eigenvalue weighted by atomic mass is 16.3. The molecule has 1 rings (SSSR count). The molecular weight excluding hydrogens is 238 g/mol. The first-order valence-corrected chi connectivity index (χ1v) is 7.23. The van der Waals surface area contributed by atoms with Gasteiger partial charge in [-0.1, -0.05) is 34.6 Å². The fraction of sp³-hybridized carbons (Fsp3) is 0.800.